The highest BCUT2D eigenvalue weighted by molar-refractivity contribution is 6.13. The summed E-state index contributed by atoms with van der Waals surface area (Å²) in [6.45, 7) is 0.495. The molecule has 5 nitrogen and oxygen atoms in total. The zero-order valence-electron chi connectivity index (χ0n) is 9.36. The second-order valence-electron chi connectivity index (χ2n) is 3.87. The molecule has 2 aromatic rings. The van der Waals surface area contributed by atoms with Crippen LogP contribution >= 0.6 is 0 Å². The van der Waals surface area contributed by atoms with Crippen LogP contribution in [0.15, 0.2) is 23.5 Å². The first-order chi connectivity index (χ1) is 8.35. The van der Waals surface area contributed by atoms with E-state index in [0.29, 0.717) is 30.2 Å². The van der Waals surface area contributed by atoms with Crippen LogP contribution in [0.2, 0.25) is 0 Å². The van der Waals surface area contributed by atoms with Gasteiger partial charge in [-0.3, -0.25) is 0 Å². The van der Waals surface area contributed by atoms with Crippen LogP contribution < -0.4 is 9.47 Å². The Morgan fingerprint density at radius 1 is 1.53 bits per heavy atom. The quantitative estimate of drug-likeness (QED) is 0.584. The van der Waals surface area contributed by atoms with Gasteiger partial charge < -0.3 is 19.7 Å². The predicted octanol–water partition coefficient (Wildman–Crippen LogP) is 2.14. The number of hydrogen-bond acceptors (Lipinski definition) is 4. The lowest BCUT2D eigenvalue weighted by molar-refractivity contribution is 0.285. The highest BCUT2D eigenvalue weighted by Crippen LogP contribution is 2.40. The molecule has 0 atom stereocenters. The molecule has 0 saturated heterocycles. The van der Waals surface area contributed by atoms with Crippen molar-refractivity contribution in [2.45, 2.75) is 6.42 Å². The van der Waals surface area contributed by atoms with E-state index in [1.54, 1.807) is 7.11 Å². The predicted molar refractivity (Wildman–Crippen MR) is 63.3 cm³/mol. The first kappa shape index (κ1) is 10.0. The highest BCUT2D eigenvalue weighted by atomic mass is 16.5. The molecule has 17 heavy (non-hydrogen) atoms. The number of hydrogen-bond donors (Lipinski definition) is 2. The van der Waals surface area contributed by atoms with Crippen molar-refractivity contribution in [3.8, 4) is 11.5 Å². The van der Waals surface area contributed by atoms with Gasteiger partial charge >= 0.3 is 0 Å². The van der Waals surface area contributed by atoms with Crippen molar-refractivity contribution in [3.05, 3.63) is 23.9 Å². The molecule has 1 aliphatic heterocycles. The van der Waals surface area contributed by atoms with Crippen molar-refractivity contribution in [1.82, 2.24) is 4.98 Å². The van der Waals surface area contributed by atoms with E-state index in [9.17, 15) is 0 Å². The molecule has 0 spiro atoms. The zero-order chi connectivity index (χ0) is 11.8. The number of ether oxygens (including phenoxy) is 2. The molecule has 88 valence electrons. The summed E-state index contributed by atoms with van der Waals surface area (Å²) in [6.07, 6.45) is 2.43. The van der Waals surface area contributed by atoms with Gasteiger partial charge in [-0.15, -0.1) is 0 Å². The van der Waals surface area contributed by atoms with Gasteiger partial charge in [0.2, 0.25) is 0 Å². The molecule has 3 rings (SSSR count). The first-order valence-electron chi connectivity index (χ1n) is 5.37. The van der Waals surface area contributed by atoms with E-state index >= 15 is 0 Å². The van der Waals surface area contributed by atoms with Gasteiger partial charge in [0.15, 0.2) is 11.5 Å². The van der Waals surface area contributed by atoms with Crippen LogP contribution in [-0.4, -0.2) is 29.6 Å². The van der Waals surface area contributed by atoms with Crippen LogP contribution in [0.1, 0.15) is 12.0 Å². The molecule has 1 aliphatic rings. The van der Waals surface area contributed by atoms with Crippen LogP contribution in [-0.2, 0) is 0 Å². The van der Waals surface area contributed by atoms with Crippen LogP contribution in [0.3, 0.4) is 0 Å². The van der Waals surface area contributed by atoms with E-state index < -0.39 is 0 Å². The summed E-state index contributed by atoms with van der Waals surface area (Å²) in [5.41, 5.74) is 2.32. The van der Waals surface area contributed by atoms with Crippen molar-refractivity contribution in [3.63, 3.8) is 0 Å². The van der Waals surface area contributed by atoms with Crippen molar-refractivity contribution in [2.75, 3.05) is 13.7 Å². The maximum absolute atomic E-state index is 9.08. The summed E-state index contributed by atoms with van der Waals surface area (Å²) < 4.78 is 10.9. The molecule has 0 radical (unpaired) electrons. The smallest absolute Gasteiger partial charge is 0.172 e. The first-order valence-corrected chi connectivity index (χ1v) is 5.37. The summed E-state index contributed by atoms with van der Waals surface area (Å²) in [6, 6.07) is 3.85. The third kappa shape index (κ3) is 1.35. The zero-order valence-corrected chi connectivity index (χ0v) is 9.36. The van der Waals surface area contributed by atoms with Crippen molar-refractivity contribution in [1.29, 1.82) is 0 Å². The van der Waals surface area contributed by atoms with Crippen LogP contribution in [0.25, 0.3) is 10.9 Å². The van der Waals surface area contributed by atoms with Crippen molar-refractivity contribution in [2.24, 2.45) is 5.16 Å². The number of rotatable bonds is 1. The third-order valence-corrected chi connectivity index (χ3v) is 2.98. The Kier molecular flexibility index (Phi) is 2.18. The lowest BCUT2D eigenvalue weighted by atomic mass is 10.0. The molecule has 0 bridgehead atoms. The number of nitrogens with zero attached hydrogens (tertiary/aromatic N) is 1. The number of fused-ring (bicyclic) bond motifs is 3. The maximum Gasteiger partial charge on any atom is 0.172 e. The Hall–Kier alpha value is -2.17. The van der Waals surface area contributed by atoms with Gasteiger partial charge in [0, 0.05) is 18.0 Å². The van der Waals surface area contributed by atoms with E-state index in [-0.39, 0.29) is 0 Å². The minimum Gasteiger partial charge on any atom is -0.493 e. The minimum absolute atomic E-state index is 0.495. The van der Waals surface area contributed by atoms with Gasteiger partial charge in [-0.2, -0.15) is 0 Å². The van der Waals surface area contributed by atoms with E-state index in [1.807, 2.05) is 18.3 Å². The Balaban J connectivity index is 2.40. The number of benzene rings is 1. The molecule has 1 aromatic heterocycles. The summed E-state index contributed by atoms with van der Waals surface area (Å²) in [4.78, 5) is 3.14. The minimum atomic E-state index is 0.495. The van der Waals surface area contributed by atoms with Gasteiger partial charge in [0.05, 0.1) is 30.5 Å². The molecule has 0 amide bonds. The summed E-state index contributed by atoms with van der Waals surface area (Å²) in [5.74, 6) is 1.30. The topological polar surface area (TPSA) is 66.8 Å². The lowest BCUT2D eigenvalue weighted by Crippen LogP contribution is -2.17. The molecule has 0 aliphatic carbocycles. The maximum atomic E-state index is 9.08. The molecular formula is C12H12N2O3. The molecule has 0 fully saturated rings. The molecule has 0 unspecified atom stereocenters. The van der Waals surface area contributed by atoms with Crippen LogP contribution in [0.4, 0.5) is 0 Å². The van der Waals surface area contributed by atoms with Gasteiger partial charge in [-0.05, 0) is 12.1 Å². The molecule has 2 heterocycles. The van der Waals surface area contributed by atoms with Crippen LogP contribution in [0, 0.1) is 0 Å². The van der Waals surface area contributed by atoms with Crippen molar-refractivity contribution < 1.29 is 14.7 Å². The SMILES string of the molecule is COc1cc2cc[nH]c2c2c1OCC/C2=N\O. The molecule has 0 saturated carbocycles. The Morgan fingerprint density at radius 3 is 3.18 bits per heavy atom. The Labute approximate surface area is 97.6 Å². The third-order valence-electron chi connectivity index (χ3n) is 2.98. The van der Waals surface area contributed by atoms with E-state index in [2.05, 4.69) is 10.1 Å². The van der Waals surface area contributed by atoms with Gasteiger partial charge in [-0.25, -0.2) is 0 Å². The van der Waals surface area contributed by atoms with E-state index in [1.165, 1.54) is 0 Å². The fourth-order valence-electron chi connectivity index (χ4n) is 2.21. The second kappa shape index (κ2) is 3.69. The van der Waals surface area contributed by atoms with Gasteiger partial charge in [0.1, 0.15) is 0 Å². The molecule has 2 N–H and O–H groups in total. The van der Waals surface area contributed by atoms with Gasteiger partial charge in [0.25, 0.3) is 0 Å². The lowest BCUT2D eigenvalue weighted by Gasteiger charge is -2.21. The number of H-pyrrole nitrogens is 1. The number of aromatic nitrogens is 1. The normalized spacial score (nSPS) is 16.9. The Morgan fingerprint density at radius 2 is 2.41 bits per heavy atom. The summed E-state index contributed by atoms with van der Waals surface area (Å²) in [7, 11) is 1.60. The largest absolute Gasteiger partial charge is 0.493 e. The second-order valence-corrected chi connectivity index (χ2v) is 3.87. The highest BCUT2D eigenvalue weighted by Gasteiger charge is 2.25. The molecule has 1 aromatic carbocycles. The Bertz CT molecular complexity index is 601. The monoisotopic (exact) mass is 232 g/mol. The van der Waals surface area contributed by atoms with E-state index in [0.717, 1.165) is 16.5 Å². The molecule has 5 heteroatoms. The molecular weight excluding hydrogens is 220 g/mol. The summed E-state index contributed by atoms with van der Waals surface area (Å²) in [5, 5.41) is 13.4. The number of aromatic amines is 1. The van der Waals surface area contributed by atoms with E-state index in [4.69, 9.17) is 14.7 Å². The average molecular weight is 232 g/mol. The standard InChI is InChI=1S/C12H12N2O3/c1-16-9-6-7-2-4-13-11(7)10-8(14-15)3-5-17-12(9)10/h2,4,6,13,15H,3,5H2,1H3/b14-8+. The number of oxime groups is 1. The summed E-state index contributed by atoms with van der Waals surface area (Å²) >= 11 is 0. The fourth-order valence-corrected chi connectivity index (χ4v) is 2.21. The number of methoxy groups -OCH3 is 1. The van der Waals surface area contributed by atoms with Gasteiger partial charge in [-0.1, -0.05) is 5.16 Å². The average Bonchev–Trinajstić information content (AvgIpc) is 2.84. The fraction of sp³-hybridized carbons (Fsp3) is 0.250. The van der Waals surface area contributed by atoms with Crippen LogP contribution in [0.5, 0.6) is 11.5 Å². The number of nitrogens with one attached hydrogen (secondary N) is 1. The van der Waals surface area contributed by atoms with Crippen molar-refractivity contribution >= 4 is 16.6 Å².